The number of hydrogen-bond donors (Lipinski definition) is 1. The Morgan fingerprint density at radius 3 is 2.81 bits per heavy atom. The minimum absolute atomic E-state index is 0.111. The van der Waals surface area contributed by atoms with Crippen molar-refractivity contribution in [2.24, 2.45) is 5.73 Å². The number of likely N-dealkylation sites (N-methyl/N-ethyl adjacent to an activating group) is 2. The fourth-order valence-corrected chi connectivity index (χ4v) is 3.06. The maximum atomic E-state index is 14.3. The largest absolute Gasteiger partial charge is 0.371 e. The van der Waals surface area contributed by atoms with Crippen molar-refractivity contribution in [2.45, 2.75) is 44.7 Å². The smallest absolute Gasteiger partial charge is 0.146 e. The van der Waals surface area contributed by atoms with Crippen LogP contribution in [0.3, 0.4) is 0 Å². The van der Waals surface area contributed by atoms with Crippen molar-refractivity contribution in [3.63, 3.8) is 0 Å². The molecule has 1 heterocycles. The lowest BCUT2D eigenvalue weighted by molar-refractivity contribution is 0.314. The molecule has 3 nitrogen and oxygen atoms in total. The summed E-state index contributed by atoms with van der Waals surface area (Å²) in [6.07, 6.45) is 4.09. The summed E-state index contributed by atoms with van der Waals surface area (Å²) in [6.45, 7) is 4.08. The number of benzene rings is 1. The number of hydrogen-bond acceptors (Lipinski definition) is 3. The van der Waals surface area contributed by atoms with Crippen LogP contribution in [0.4, 0.5) is 10.1 Å². The van der Waals surface area contributed by atoms with Crippen LogP contribution in [0, 0.1) is 5.82 Å². The van der Waals surface area contributed by atoms with Gasteiger partial charge in [-0.1, -0.05) is 13.0 Å². The first kappa shape index (κ1) is 16.2. The number of likely N-dealkylation sites (tertiary alicyclic amines) is 1. The predicted octanol–water partition coefficient (Wildman–Crippen LogP) is 2.64. The van der Waals surface area contributed by atoms with Crippen LogP contribution in [0.1, 0.15) is 31.7 Å². The zero-order valence-electron chi connectivity index (χ0n) is 13.5. The Hall–Kier alpha value is -1.13. The van der Waals surface area contributed by atoms with Crippen LogP contribution in [0.5, 0.6) is 0 Å². The molecule has 2 rings (SSSR count). The van der Waals surface area contributed by atoms with Gasteiger partial charge in [-0.05, 0) is 57.0 Å². The third-order valence-corrected chi connectivity index (χ3v) is 4.60. The van der Waals surface area contributed by atoms with Crippen molar-refractivity contribution in [3.05, 3.63) is 29.6 Å². The first-order valence-corrected chi connectivity index (χ1v) is 7.96. The molecule has 118 valence electrons. The second-order valence-electron chi connectivity index (χ2n) is 6.32. The van der Waals surface area contributed by atoms with Gasteiger partial charge in [0.25, 0.3) is 0 Å². The molecule has 1 aliphatic heterocycles. The Kier molecular flexibility index (Phi) is 5.59. The standard InChI is InChI=1S/C17H28FN3/c1-4-14(19)10-13-7-8-17(16(18)11-13)21(3)12-15-6-5-9-20(15)2/h7-8,11,14-15H,4-6,9-10,12,19H2,1-3H3. The summed E-state index contributed by atoms with van der Waals surface area (Å²) in [7, 11) is 4.12. The molecule has 1 saturated heterocycles. The highest BCUT2D eigenvalue weighted by atomic mass is 19.1. The highest BCUT2D eigenvalue weighted by molar-refractivity contribution is 5.48. The summed E-state index contributed by atoms with van der Waals surface area (Å²) in [5, 5.41) is 0. The molecule has 0 aliphatic carbocycles. The van der Waals surface area contributed by atoms with Crippen LogP contribution in [0.25, 0.3) is 0 Å². The molecule has 1 fully saturated rings. The summed E-state index contributed by atoms with van der Waals surface area (Å²) in [5.41, 5.74) is 7.61. The molecule has 0 amide bonds. The van der Waals surface area contributed by atoms with E-state index < -0.39 is 0 Å². The van der Waals surface area contributed by atoms with Crippen molar-refractivity contribution in [2.75, 3.05) is 32.1 Å². The quantitative estimate of drug-likeness (QED) is 0.875. The molecule has 0 radical (unpaired) electrons. The molecule has 4 heteroatoms. The number of nitrogens with zero attached hydrogens (tertiary/aromatic N) is 2. The molecular weight excluding hydrogens is 265 g/mol. The van der Waals surface area contributed by atoms with Gasteiger partial charge >= 0.3 is 0 Å². The van der Waals surface area contributed by atoms with E-state index in [2.05, 4.69) is 18.9 Å². The number of rotatable bonds is 6. The normalized spacial score (nSPS) is 20.7. The topological polar surface area (TPSA) is 32.5 Å². The van der Waals surface area contributed by atoms with Gasteiger partial charge in [0, 0.05) is 25.7 Å². The monoisotopic (exact) mass is 293 g/mol. The van der Waals surface area contributed by atoms with Gasteiger partial charge < -0.3 is 15.5 Å². The highest BCUT2D eigenvalue weighted by Crippen LogP contribution is 2.23. The van der Waals surface area contributed by atoms with E-state index in [4.69, 9.17) is 5.73 Å². The van der Waals surface area contributed by atoms with Crippen LogP contribution in [-0.2, 0) is 6.42 Å². The summed E-state index contributed by atoms with van der Waals surface area (Å²) < 4.78 is 14.3. The summed E-state index contributed by atoms with van der Waals surface area (Å²) in [4.78, 5) is 4.40. The molecule has 21 heavy (non-hydrogen) atoms. The number of halogens is 1. The van der Waals surface area contributed by atoms with E-state index in [0.717, 1.165) is 31.5 Å². The molecule has 2 atom stereocenters. The van der Waals surface area contributed by atoms with E-state index in [1.54, 1.807) is 6.07 Å². The van der Waals surface area contributed by atoms with Crippen molar-refractivity contribution < 1.29 is 4.39 Å². The van der Waals surface area contributed by atoms with Crippen molar-refractivity contribution in [1.82, 2.24) is 4.90 Å². The van der Waals surface area contributed by atoms with Gasteiger partial charge in [0.15, 0.2) is 0 Å². The molecule has 0 aromatic heterocycles. The first-order chi connectivity index (χ1) is 10.0. The van der Waals surface area contributed by atoms with Gasteiger partial charge in [-0.15, -0.1) is 0 Å². The first-order valence-electron chi connectivity index (χ1n) is 7.96. The zero-order valence-corrected chi connectivity index (χ0v) is 13.5. The van der Waals surface area contributed by atoms with Crippen molar-refractivity contribution in [1.29, 1.82) is 0 Å². The molecule has 0 saturated carbocycles. The van der Waals surface area contributed by atoms with E-state index >= 15 is 0 Å². The Morgan fingerprint density at radius 1 is 1.48 bits per heavy atom. The Labute approximate surface area is 127 Å². The van der Waals surface area contributed by atoms with Gasteiger partial charge in [0.05, 0.1) is 5.69 Å². The predicted molar refractivity (Wildman–Crippen MR) is 87.3 cm³/mol. The van der Waals surface area contributed by atoms with Crippen molar-refractivity contribution >= 4 is 5.69 Å². The average molecular weight is 293 g/mol. The van der Waals surface area contributed by atoms with Gasteiger partial charge in [-0.2, -0.15) is 0 Å². The third kappa shape index (κ3) is 4.17. The molecule has 1 aliphatic rings. The van der Waals surface area contributed by atoms with Crippen LogP contribution in [-0.4, -0.2) is 44.2 Å². The molecule has 0 spiro atoms. The lowest BCUT2D eigenvalue weighted by Crippen LogP contribution is -2.37. The summed E-state index contributed by atoms with van der Waals surface area (Å²) in [6, 6.07) is 6.17. The Bertz CT molecular complexity index is 463. The average Bonchev–Trinajstić information content (AvgIpc) is 2.84. The molecule has 2 N–H and O–H groups in total. The van der Waals surface area contributed by atoms with E-state index in [0.29, 0.717) is 11.7 Å². The van der Waals surface area contributed by atoms with Crippen LogP contribution in [0.15, 0.2) is 18.2 Å². The van der Waals surface area contributed by atoms with E-state index in [1.807, 2.05) is 24.1 Å². The molecular formula is C17H28FN3. The molecule has 1 aromatic carbocycles. The van der Waals surface area contributed by atoms with E-state index in [-0.39, 0.29) is 11.9 Å². The lowest BCUT2D eigenvalue weighted by Gasteiger charge is -2.27. The van der Waals surface area contributed by atoms with Crippen LogP contribution < -0.4 is 10.6 Å². The molecule has 2 unspecified atom stereocenters. The molecule has 1 aromatic rings. The lowest BCUT2D eigenvalue weighted by atomic mass is 10.0. The SMILES string of the molecule is CCC(N)Cc1ccc(N(C)CC2CCCN2C)c(F)c1. The molecule has 0 bridgehead atoms. The van der Waals surface area contributed by atoms with E-state index in [9.17, 15) is 4.39 Å². The van der Waals surface area contributed by atoms with Crippen LogP contribution in [0.2, 0.25) is 0 Å². The number of anilines is 1. The summed E-state index contributed by atoms with van der Waals surface area (Å²) >= 11 is 0. The second-order valence-corrected chi connectivity index (χ2v) is 6.32. The van der Waals surface area contributed by atoms with Crippen LogP contribution >= 0.6 is 0 Å². The maximum absolute atomic E-state index is 14.3. The minimum Gasteiger partial charge on any atom is -0.371 e. The minimum atomic E-state index is -0.140. The fourth-order valence-electron chi connectivity index (χ4n) is 3.06. The van der Waals surface area contributed by atoms with Gasteiger partial charge in [0.2, 0.25) is 0 Å². The maximum Gasteiger partial charge on any atom is 0.146 e. The zero-order chi connectivity index (χ0) is 15.4. The van der Waals surface area contributed by atoms with E-state index in [1.165, 1.54) is 12.8 Å². The summed E-state index contributed by atoms with van der Waals surface area (Å²) in [5.74, 6) is -0.140. The van der Waals surface area contributed by atoms with Gasteiger partial charge in [-0.25, -0.2) is 4.39 Å². The van der Waals surface area contributed by atoms with Gasteiger partial charge in [0.1, 0.15) is 5.82 Å². The Balaban J connectivity index is 2.02. The third-order valence-electron chi connectivity index (χ3n) is 4.60. The van der Waals surface area contributed by atoms with Gasteiger partial charge in [-0.3, -0.25) is 0 Å². The highest BCUT2D eigenvalue weighted by Gasteiger charge is 2.23. The van der Waals surface area contributed by atoms with Crippen molar-refractivity contribution in [3.8, 4) is 0 Å². The number of nitrogens with two attached hydrogens (primary N) is 1. The second kappa shape index (κ2) is 7.23. The Morgan fingerprint density at radius 2 is 2.24 bits per heavy atom. The fraction of sp³-hybridized carbons (Fsp3) is 0.647.